The number of nitrogens with one attached hydrogen (secondary N) is 1. The van der Waals surface area contributed by atoms with Crippen LogP contribution in [-0.2, 0) is 6.61 Å². The highest BCUT2D eigenvalue weighted by molar-refractivity contribution is 5.92. The first-order chi connectivity index (χ1) is 13.1. The Kier molecular flexibility index (Phi) is 5.72. The van der Waals surface area contributed by atoms with E-state index in [1.165, 1.54) is 12.3 Å². The monoisotopic (exact) mass is 375 g/mol. The zero-order valence-corrected chi connectivity index (χ0v) is 13.9. The van der Waals surface area contributed by atoms with Crippen molar-refractivity contribution < 1.29 is 27.9 Å². The standard InChI is InChI=1S/C18H15F2N3O4/c19-12-3-4-17(14(20)6-12)26-10-13-7-15(23-27-13)18(25)22-16(9-24)11-2-1-5-21-8-11/h1-8,16,24H,9-10H2,(H,22,25)/t16-/m0/s1. The molecule has 0 radical (unpaired) electrons. The van der Waals surface area contributed by atoms with Crippen molar-refractivity contribution in [1.29, 1.82) is 0 Å². The summed E-state index contributed by atoms with van der Waals surface area (Å²) < 4.78 is 36.6. The van der Waals surface area contributed by atoms with Gasteiger partial charge in [0.05, 0.1) is 12.6 Å². The number of aromatic nitrogens is 2. The maximum absolute atomic E-state index is 13.5. The fraction of sp³-hybridized carbons (Fsp3) is 0.167. The van der Waals surface area contributed by atoms with Crippen LogP contribution in [0.25, 0.3) is 0 Å². The Morgan fingerprint density at radius 3 is 2.85 bits per heavy atom. The molecule has 140 valence electrons. The van der Waals surface area contributed by atoms with Crippen molar-refractivity contribution in [2.45, 2.75) is 12.6 Å². The topological polar surface area (TPSA) is 97.5 Å². The van der Waals surface area contributed by atoms with Crippen molar-refractivity contribution in [3.05, 3.63) is 77.4 Å². The smallest absolute Gasteiger partial charge is 0.274 e. The predicted molar refractivity (Wildman–Crippen MR) is 88.7 cm³/mol. The second kappa shape index (κ2) is 8.37. The SMILES string of the molecule is O=C(N[C@@H](CO)c1cccnc1)c1cc(COc2ccc(F)cc2F)on1. The third kappa shape index (κ3) is 4.64. The molecular weight excluding hydrogens is 360 g/mol. The van der Waals surface area contributed by atoms with Crippen LogP contribution in [0.5, 0.6) is 5.75 Å². The van der Waals surface area contributed by atoms with Gasteiger partial charge in [0.15, 0.2) is 23.0 Å². The molecule has 0 saturated carbocycles. The quantitative estimate of drug-likeness (QED) is 0.658. The lowest BCUT2D eigenvalue weighted by Gasteiger charge is -2.15. The predicted octanol–water partition coefficient (Wildman–Crippen LogP) is 2.39. The number of pyridine rings is 1. The number of halogens is 2. The molecule has 0 aliphatic heterocycles. The first-order valence-electron chi connectivity index (χ1n) is 7.92. The van der Waals surface area contributed by atoms with Gasteiger partial charge in [0.1, 0.15) is 12.4 Å². The fourth-order valence-electron chi connectivity index (χ4n) is 2.28. The Labute approximate surface area is 152 Å². The Morgan fingerprint density at radius 2 is 2.15 bits per heavy atom. The summed E-state index contributed by atoms with van der Waals surface area (Å²) in [4.78, 5) is 16.2. The Bertz CT molecular complexity index is 918. The van der Waals surface area contributed by atoms with Crippen molar-refractivity contribution in [3.63, 3.8) is 0 Å². The first kappa shape index (κ1) is 18.5. The molecule has 0 aliphatic rings. The van der Waals surface area contributed by atoms with E-state index in [2.05, 4.69) is 15.5 Å². The number of benzene rings is 1. The Hall–Kier alpha value is -3.33. The van der Waals surface area contributed by atoms with Crippen LogP contribution in [-0.4, -0.2) is 27.8 Å². The number of hydrogen-bond acceptors (Lipinski definition) is 6. The molecule has 27 heavy (non-hydrogen) atoms. The average Bonchev–Trinajstić information content (AvgIpc) is 3.15. The van der Waals surface area contributed by atoms with Crippen molar-refractivity contribution in [1.82, 2.24) is 15.5 Å². The van der Waals surface area contributed by atoms with E-state index in [4.69, 9.17) is 9.26 Å². The van der Waals surface area contributed by atoms with E-state index in [1.54, 1.807) is 18.3 Å². The molecule has 2 N–H and O–H groups in total. The van der Waals surface area contributed by atoms with Crippen molar-refractivity contribution in [2.24, 2.45) is 0 Å². The number of amides is 1. The third-order valence-corrected chi connectivity index (χ3v) is 3.63. The molecule has 0 spiro atoms. The summed E-state index contributed by atoms with van der Waals surface area (Å²) in [6, 6.07) is 6.98. The minimum atomic E-state index is -0.852. The fourth-order valence-corrected chi connectivity index (χ4v) is 2.28. The zero-order chi connectivity index (χ0) is 19.2. The van der Waals surface area contributed by atoms with Crippen molar-refractivity contribution >= 4 is 5.91 Å². The molecule has 2 aromatic heterocycles. The van der Waals surface area contributed by atoms with Gasteiger partial charge in [-0.25, -0.2) is 8.78 Å². The van der Waals surface area contributed by atoms with Gasteiger partial charge in [-0.05, 0) is 23.8 Å². The Balaban J connectivity index is 1.61. The van der Waals surface area contributed by atoms with Gasteiger partial charge >= 0.3 is 0 Å². The number of carbonyl (C=O) groups is 1. The van der Waals surface area contributed by atoms with Gasteiger partial charge in [0, 0.05) is 24.5 Å². The van der Waals surface area contributed by atoms with Crippen LogP contribution in [0.15, 0.2) is 53.3 Å². The summed E-state index contributed by atoms with van der Waals surface area (Å²) in [5, 5.41) is 15.7. The van der Waals surface area contributed by atoms with E-state index in [0.29, 0.717) is 11.6 Å². The number of ether oxygens (including phenoxy) is 1. The highest BCUT2D eigenvalue weighted by atomic mass is 19.1. The molecule has 2 heterocycles. The molecule has 1 atom stereocenters. The molecular formula is C18H15F2N3O4. The molecule has 1 aromatic carbocycles. The molecule has 0 saturated heterocycles. The van der Waals surface area contributed by atoms with Crippen LogP contribution < -0.4 is 10.1 Å². The largest absolute Gasteiger partial charge is 0.482 e. The summed E-state index contributed by atoms with van der Waals surface area (Å²) >= 11 is 0. The van der Waals surface area contributed by atoms with E-state index in [-0.39, 0.29) is 30.4 Å². The molecule has 0 aliphatic carbocycles. The van der Waals surface area contributed by atoms with Crippen LogP contribution in [0.2, 0.25) is 0 Å². The number of carbonyl (C=O) groups excluding carboxylic acids is 1. The summed E-state index contributed by atoms with van der Waals surface area (Å²) in [6.07, 6.45) is 3.11. The van der Waals surface area contributed by atoms with E-state index in [0.717, 1.165) is 12.1 Å². The van der Waals surface area contributed by atoms with Gasteiger partial charge in [-0.2, -0.15) is 0 Å². The van der Waals surface area contributed by atoms with Gasteiger partial charge in [0.2, 0.25) is 0 Å². The van der Waals surface area contributed by atoms with Gasteiger partial charge in [-0.15, -0.1) is 0 Å². The first-order valence-corrected chi connectivity index (χ1v) is 7.92. The van der Waals surface area contributed by atoms with E-state index in [9.17, 15) is 18.7 Å². The molecule has 3 rings (SSSR count). The maximum atomic E-state index is 13.5. The van der Waals surface area contributed by atoms with Gasteiger partial charge < -0.3 is 19.7 Å². The summed E-state index contributed by atoms with van der Waals surface area (Å²) in [5.74, 6) is -2.12. The molecule has 1 amide bonds. The van der Waals surface area contributed by atoms with Gasteiger partial charge in [-0.3, -0.25) is 9.78 Å². The average molecular weight is 375 g/mol. The number of nitrogens with zero attached hydrogens (tertiary/aromatic N) is 2. The molecule has 3 aromatic rings. The highest BCUT2D eigenvalue weighted by Gasteiger charge is 2.19. The van der Waals surface area contributed by atoms with Gasteiger partial charge in [-0.1, -0.05) is 11.2 Å². The van der Waals surface area contributed by atoms with E-state index in [1.807, 2.05) is 0 Å². The minimum Gasteiger partial charge on any atom is -0.482 e. The normalized spacial score (nSPS) is 11.8. The summed E-state index contributed by atoms with van der Waals surface area (Å²) in [5.41, 5.74) is 0.600. The molecule has 9 heteroatoms. The number of rotatable bonds is 7. The van der Waals surface area contributed by atoms with Crippen LogP contribution in [0.4, 0.5) is 8.78 Å². The molecule has 0 bridgehead atoms. The van der Waals surface area contributed by atoms with Crippen LogP contribution in [0.1, 0.15) is 27.9 Å². The molecule has 0 fully saturated rings. The van der Waals surface area contributed by atoms with E-state index < -0.39 is 23.6 Å². The van der Waals surface area contributed by atoms with Crippen molar-refractivity contribution in [2.75, 3.05) is 6.61 Å². The van der Waals surface area contributed by atoms with E-state index >= 15 is 0 Å². The van der Waals surface area contributed by atoms with Gasteiger partial charge in [0.25, 0.3) is 5.91 Å². The number of hydrogen-bond donors (Lipinski definition) is 2. The van der Waals surface area contributed by atoms with Crippen molar-refractivity contribution in [3.8, 4) is 5.75 Å². The zero-order valence-electron chi connectivity index (χ0n) is 13.9. The summed E-state index contributed by atoms with van der Waals surface area (Å²) in [6.45, 7) is -0.524. The maximum Gasteiger partial charge on any atom is 0.274 e. The molecule has 0 unspecified atom stereocenters. The van der Waals surface area contributed by atoms with Crippen LogP contribution in [0.3, 0.4) is 0 Å². The Morgan fingerprint density at radius 1 is 1.30 bits per heavy atom. The lowest BCUT2D eigenvalue weighted by molar-refractivity contribution is 0.0906. The number of aliphatic hydroxyl groups excluding tert-OH is 1. The lowest BCUT2D eigenvalue weighted by Crippen LogP contribution is -2.31. The second-order valence-electron chi connectivity index (χ2n) is 5.54. The van der Waals surface area contributed by atoms with Crippen LogP contribution >= 0.6 is 0 Å². The molecule has 7 nitrogen and oxygen atoms in total. The highest BCUT2D eigenvalue weighted by Crippen LogP contribution is 2.19. The lowest BCUT2D eigenvalue weighted by atomic mass is 10.1. The second-order valence-corrected chi connectivity index (χ2v) is 5.54. The summed E-state index contributed by atoms with van der Waals surface area (Å²) in [7, 11) is 0. The number of aliphatic hydroxyl groups is 1. The third-order valence-electron chi connectivity index (χ3n) is 3.63. The van der Waals surface area contributed by atoms with Crippen LogP contribution in [0, 0.1) is 11.6 Å². The minimum absolute atomic E-state index is 0.0319.